The molecule has 172 valence electrons. The molecule has 33 heavy (non-hydrogen) atoms. The van der Waals surface area contributed by atoms with Crippen LogP contribution in [0.25, 0.3) is 22.3 Å². The molecule has 3 aromatic rings. The van der Waals surface area contributed by atoms with Crippen LogP contribution < -0.4 is 10.2 Å². The third-order valence-corrected chi connectivity index (χ3v) is 5.86. The standard InChI is InChI=1S/C23H20O10/c1-10(24)30-9-18-20(28)22(29)23(33-18)8-13-17(32-23)7-15(27)19-14(26)6-16(31-21(13)19)11-2-4-12(25)5-3-11/h2-7,18,20,22,25,27-29H,8-9H2,1H3/t18-,20-,22-,23+/m1/s1. The van der Waals surface area contributed by atoms with Gasteiger partial charge >= 0.3 is 5.97 Å². The first-order valence-electron chi connectivity index (χ1n) is 10.2. The molecular formula is C23H20O10. The Morgan fingerprint density at radius 3 is 2.61 bits per heavy atom. The van der Waals surface area contributed by atoms with Crippen LogP contribution in [0.15, 0.2) is 45.6 Å². The maximum Gasteiger partial charge on any atom is 0.302 e. The number of rotatable bonds is 3. The van der Waals surface area contributed by atoms with Gasteiger partial charge in [-0.15, -0.1) is 0 Å². The maximum atomic E-state index is 12.8. The molecule has 10 heteroatoms. The van der Waals surface area contributed by atoms with Crippen molar-refractivity contribution in [1.29, 1.82) is 0 Å². The fourth-order valence-corrected chi connectivity index (χ4v) is 4.26. The highest BCUT2D eigenvalue weighted by molar-refractivity contribution is 5.90. The molecule has 0 radical (unpaired) electrons. The minimum Gasteiger partial charge on any atom is -0.508 e. The van der Waals surface area contributed by atoms with Crippen molar-refractivity contribution >= 4 is 16.9 Å². The number of phenolic OH excluding ortho intramolecular Hbond substituents is 2. The van der Waals surface area contributed by atoms with Gasteiger partial charge < -0.3 is 39.1 Å². The van der Waals surface area contributed by atoms with E-state index >= 15 is 0 Å². The Balaban J connectivity index is 1.58. The van der Waals surface area contributed by atoms with Gasteiger partial charge in [-0.05, 0) is 24.3 Å². The number of aliphatic hydroxyl groups is 2. The summed E-state index contributed by atoms with van der Waals surface area (Å²) >= 11 is 0. The van der Waals surface area contributed by atoms with E-state index in [2.05, 4.69) is 0 Å². The van der Waals surface area contributed by atoms with E-state index in [1.807, 2.05) is 0 Å². The molecule has 5 rings (SSSR count). The second-order valence-corrected chi connectivity index (χ2v) is 8.08. The smallest absolute Gasteiger partial charge is 0.302 e. The second-order valence-electron chi connectivity index (χ2n) is 8.08. The minimum absolute atomic E-state index is 0.0463. The first-order chi connectivity index (χ1) is 15.7. The summed E-state index contributed by atoms with van der Waals surface area (Å²) in [4.78, 5) is 23.9. The summed E-state index contributed by atoms with van der Waals surface area (Å²) in [5, 5.41) is 41.0. The van der Waals surface area contributed by atoms with Crippen molar-refractivity contribution in [1.82, 2.24) is 0 Å². The second kappa shape index (κ2) is 7.48. The van der Waals surface area contributed by atoms with Crippen molar-refractivity contribution in [3.63, 3.8) is 0 Å². The number of benzene rings is 2. The molecule has 10 nitrogen and oxygen atoms in total. The topological polar surface area (TPSA) is 156 Å². The number of fused-ring (bicyclic) bond motifs is 3. The first-order valence-corrected chi connectivity index (χ1v) is 10.2. The van der Waals surface area contributed by atoms with Gasteiger partial charge in [0.1, 0.15) is 58.9 Å². The zero-order valence-corrected chi connectivity index (χ0v) is 17.3. The lowest BCUT2D eigenvalue weighted by atomic mass is 9.98. The number of hydrogen-bond donors (Lipinski definition) is 4. The molecular weight excluding hydrogens is 436 g/mol. The molecule has 1 spiro atoms. The highest BCUT2D eigenvalue weighted by atomic mass is 16.7. The van der Waals surface area contributed by atoms with Crippen molar-refractivity contribution in [3.05, 3.63) is 52.2 Å². The average Bonchev–Trinajstić information content (AvgIpc) is 3.25. The van der Waals surface area contributed by atoms with E-state index < -0.39 is 35.5 Å². The predicted molar refractivity (Wildman–Crippen MR) is 112 cm³/mol. The van der Waals surface area contributed by atoms with Crippen LogP contribution in [0.2, 0.25) is 0 Å². The number of aliphatic hydroxyl groups excluding tert-OH is 2. The summed E-state index contributed by atoms with van der Waals surface area (Å²) in [6.45, 7) is 0.916. The van der Waals surface area contributed by atoms with E-state index in [-0.39, 0.29) is 47.0 Å². The molecule has 1 fully saturated rings. The SMILES string of the molecule is CC(=O)OC[C@H]1O[C@@]2(Cc3c(cc(O)c4c(=O)cc(-c5ccc(O)cc5)oc34)O2)[C@H](O)[C@@H]1O. The number of phenols is 2. The van der Waals surface area contributed by atoms with Crippen LogP contribution in [-0.2, 0) is 20.7 Å². The van der Waals surface area contributed by atoms with Crippen LogP contribution in [0.3, 0.4) is 0 Å². The van der Waals surface area contributed by atoms with Crippen molar-refractivity contribution in [3.8, 4) is 28.6 Å². The number of carbonyl (C=O) groups excluding carboxylic acids is 1. The molecule has 4 N–H and O–H groups in total. The molecule has 1 aromatic heterocycles. The van der Waals surface area contributed by atoms with Crippen LogP contribution in [0.4, 0.5) is 0 Å². The van der Waals surface area contributed by atoms with Gasteiger partial charge in [0.25, 0.3) is 0 Å². The largest absolute Gasteiger partial charge is 0.508 e. The fourth-order valence-electron chi connectivity index (χ4n) is 4.26. The number of hydrogen-bond acceptors (Lipinski definition) is 10. The Labute approximate surface area is 186 Å². The maximum absolute atomic E-state index is 12.8. The molecule has 0 amide bonds. The van der Waals surface area contributed by atoms with Gasteiger partial charge in [0.2, 0.25) is 5.79 Å². The molecule has 3 heterocycles. The van der Waals surface area contributed by atoms with Crippen molar-refractivity contribution in [2.75, 3.05) is 6.61 Å². The van der Waals surface area contributed by atoms with Crippen LogP contribution >= 0.6 is 0 Å². The van der Waals surface area contributed by atoms with Gasteiger partial charge in [-0.2, -0.15) is 0 Å². The highest BCUT2D eigenvalue weighted by Gasteiger charge is 2.60. The van der Waals surface area contributed by atoms with Gasteiger partial charge in [-0.25, -0.2) is 0 Å². The first kappa shape index (κ1) is 21.3. The van der Waals surface area contributed by atoms with Gasteiger partial charge in [0, 0.05) is 36.6 Å². The van der Waals surface area contributed by atoms with E-state index in [0.717, 1.165) is 0 Å². The molecule has 2 aliphatic heterocycles. The number of ether oxygens (including phenoxy) is 3. The summed E-state index contributed by atoms with van der Waals surface area (Å²) in [6.07, 6.45) is -4.05. The van der Waals surface area contributed by atoms with E-state index in [1.54, 1.807) is 12.1 Å². The van der Waals surface area contributed by atoms with Gasteiger partial charge in [0.15, 0.2) is 5.43 Å². The Kier molecular flexibility index (Phi) is 4.82. The van der Waals surface area contributed by atoms with Gasteiger partial charge in [-0.3, -0.25) is 9.59 Å². The molecule has 0 saturated carbocycles. The highest BCUT2D eigenvalue weighted by Crippen LogP contribution is 2.48. The molecule has 2 aliphatic rings. The number of carbonyl (C=O) groups is 1. The fraction of sp³-hybridized carbons (Fsp3) is 0.304. The lowest BCUT2D eigenvalue weighted by Crippen LogP contribution is -2.47. The Hall–Kier alpha value is -3.60. The zero-order valence-electron chi connectivity index (χ0n) is 17.3. The number of aromatic hydroxyl groups is 2. The summed E-state index contributed by atoms with van der Waals surface area (Å²) in [5.74, 6) is -2.31. The molecule has 0 aliphatic carbocycles. The van der Waals surface area contributed by atoms with E-state index in [4.69, 9.17) is 18.6 Å². The van der Waals surface area contributed by atoms with Crippen LogP contribution in [0, 0.1) is 0 Å². The summed E-state index contributed by atoms with van der Waals surface area (Å²) in [6, 6.07) is 8.48. The van der Waals surface area contributed by atoms with Crippen LogP contribution in [0.1, 0.15) is 12.5 Å². The third-order valence-electron chi connectivity index (χ3n) is 5.86. The zero-order chi connectivity index (χ0) is 23.5. The molecule has 1 saturated heterocycles. The monoisotopic (exact) mass is 456 g/mol. The normalized spacial score (nSPS) is 25.8. The number of esters is 1. The Bertz CT molecular complexity index is 1310. The van der Waals surface area contributed by atoms with Gasteiger partial charge in [-0.1, -0.05) is 0 Å². The lowest BCUT2D eigenvalue weighted by molar-refractivity contribution is -0.202. The molecule has 0 unspecified atom stereocenters. The summed E-state index contributed by atoms with van der Waals surface area (Å²) in [5.41, 5.74) is 0.430. The van der Waals surface area contributed by atoms with Crippen LogP contribution in [0.5, 0.6) is 17.2 Å². The van der Waals surface area contributed by atoms with E-state index in [0.29, 0.717) is 11.1 Å². The van der Waals surface area contributed by atoms with Crippen LogP contribution in [-0.4, -0.2) is 57.1 Å². The lowest BCUT2D eigenvalue weighted by Gasteiger charge is -2.26. The molecule has 2 aromatic carbocycles. The average molecular weight is 456 g/mol. The molecule has 4 atom stereocenters. The van der Waals surface area contributed by atoms with Crippen molar-refractivity contribution in [2.45, 2.75) is 37.4 Å². The Morgan fingerprint density at radius 1 is 1.18 bits per heavy atom. The van der Waals surface area contributed by atoms with Crippen molar-refractivity contribution in [2.24, 2.45) is 0 Å². The summed E-state index contributed by atoms with van der Waals surface area (Å²) < 4.78 is 22.5. The minimum atomic E-state index is -1.72. The third kappa shape index (κ3) is 3.39. The van der Waals surface area contributed by atoms with E-state index in [1.165, 1.54) is 31.2 Å². The quantitative estimate of drug-likeness (QED) is 0.422. The predicted octanol–water partition coefficient (Wildman–Crippen LogP) is 1.19. The summed E-state index contributed by atoms with van der Waals surface area (Å²) in [7, 11) is 0. The van der Waals surface area contributed by atoms with E-state index in [9.17, 15) is 30.0 Å². The van der Waals surface area contributed by atoms with Gasteiger partial charge in [0.05, 0.1) is 0 Å². The Morgan fingerprint density at radius 2 is 1.91 bits per heavy atom. The van der Waals surface area contributed by atoms with Crippen molar-refractivity contribution < 1.29 is 43.8 Å². The molecule has 0 bridgehead atoms.